The van der Waals surface area contributed by atoms with Crippen molar-refractivity contribution in [1.29, 1.82) is 0 Å². The molecule has 0 amide bonds. The van der Waals surface area contributed by atoms with Gasteiger partial charge < -0.3 is 5.11 Å². The number of allylic oxidation sites excluding steroid dienone is 3. The molecule has 0 aliphatic heterocycles. The van der Waals surface area contributed by atoms with E-state index in [1.54, 1.807) is 6.08 Å². The highest BCUT2D eigenvalue weighted by atomic mass is 127. The van der Waals surface area contributed by atoms with Gasteiger partial charge >= 0.3 is 5.97 Å². The molecule has 1 atom stereocenters. The zero-order valence-electron chi connectivity index (χ0n) is 9.48. The van der Waals surface area contributed by atoms with Crippen LogP contribution >= 0.6 is 22.6 Å². The van der Waals surface area contributed by atoms with Crippen molar-refractivity contribution in [3.63, 3.8) is 0 Å². The third-order valence-corrected chi connectivity index (χ3v) is 3.69. The Morgan fingerprint density at radius 3 is 2.47 bits per heavy atom. The number of carboxylic acids is 1. The fourth-order valence-corrected chi connectivity index (χ4v) is 2.40. The quantitative estimate of drug-likeness (QED) is 0.833. The van der Waals surface area contributed by atoms with Crippen molar-refractivity contribution < 1.29 is 9.90 Å². The van der Waals surface area contributed by atoms with Gasteiger partial charge in [-0.1, -0.05) is 31.2 Å². The van der Waals surface area contributed by atoms with Crippen molar-refractivity contribution in [2.45, 2.75) is 13.3 Å². The minimum atomic E-state index is -0.810. The number of hydrogen-bond acceptors (Lipinski definition) is 1. The Bertz CT molecular complexity index is 497. The molecule has 1 aliphatic rings. The van der Waals surface area contributed by atoms with Gasteiger partial charge in [0.1, 0.15) is 0 Å². The second-order valence-corrected chi connectivity index (χ2v) is 5.48. The van der Waals surface area contributed by atoms with Crippen molar-refractivity contribution in [3.05, 3.63) is 51.1 Å². The SMILES string of the molecule is CC1CC(C(=O)O)=CC=C1c1ccc(I)cc1. The first-order chi connectivity index (χ1) is 8.08. The van der Waals surface area contributed by atoms with Gasteiger partial charge in [-0.25, -0.2) is 4.79 Å². The summed E-state index contributed by atoms with van der Waals surface area (Å²) in [5.41, 5.74) is 2.89. The van der Waals surface area contributed by atoms with Gasteiger partial charge in [0.05, 0.1) is 0 Å². The molecule has 1 aromatic rings. The van der Waals surface area contributed by atoms with E-state index in [4.69, 9.17) is 5.11 Å². The van der Waals surface area contributed by atoms with Gasteiger partial charge in [-0.15, -0.1) is 0 Å². The molecule has 1 N–H and O–H groups in total. The molecular formula is C14H13IO2. The molecule has 1 aliphatic carbocycles. The van der Waals surface area contributed by atoms with Crippen LogP contribution in [0.2, 0.25) is 0 Å². The zero-order chi connectivity index (χ0) is 12.4. The van der Waals surface area contributed by atoms with Crippen LogP contribution in [0.3, 0.4) is 0 Å². The van der Waals surface area contributed by atoms with Crippen molar-refractivity contribution in [2.75, 3.05) is 0 Å². The number of carboxylic acid groups (broad SMARTS) is 1. The summed E-state index contributed by atoms with van der Waals surface area (Å²) in [5.74, 6) is -0.555. The summed E-state index contributed by atoms with van der Waals surface area (Å²) in [4.78, 5) is 10.9. The summed E-state index contributed by atoms with van der Waals surface area (Å²) >= 11 is 2.28. The highest BCUT2D eigenvalue weighted by molar-refractivity contribution is 14.1. The molecule has 0 bridgehead atoms. The molecular weight excluding hydrogens is 327 g/mol. The Morgan fingerprint density at radius 1 is 1.29 bits per heavy atom. The number of hydrogen-bond donors (Lipinski definition) is 1. The molecule has 0 fully saturated rings. The lowest BCUT2D eigenvalue weighted by atomic mass is 9.85. The summed E-state index contributed by atoms with van der Waals surface area (Å²) < 4.78 is 1.21. The maximum Gasteiger partial charge on any atom is 0.331 e. The topological polar surface area (TPSA) is 37.3 Å². The number of aliphatic carboxylic acids is 1. The van der Waals surface area contributed by atoms with Crippen LogP contribution in [0.15, 0.2) is 42.0 Å². The third-order valence-electron chi connectivity index (χ3n) is 2.97. The molecule has 88 valence electrons. The molecule has 0 spiro atoms. The van der Waals surface area contributed by atoms with Crippen molar-refractivity contribution in [2.24, 2.45) is 5.92 Å². The predicted octanol–water partition coefficient (Wildman–Crippen LogP) is 3.73. The molecule has 0 heterocycles. The molecule has 2 rings (SSSR count). The molecule has 1 aromatic carbocycles. The van der Waals surface area contributed by atoms with Crippen LogP contribution in [0, 0.1) is 9.49 Å². The second-order valence-electron chi connectivity index (χ2n) is 4.23. The van der Waals surface area contributed by atoms with Gasteiger partial charge in [0.2, 0.25) is 0 Å². The molecule has 0 radical (unpaired) electrons. The largest absolute Gasteiger partial charge is 0.478 e. The van der Waals surface area contributed by atoms with E-state index >= 15 is 0 Å². The van der Waals surface area contributed by atoms with Crippen LogP contribution in [0.1, 0.15) is 18.9 Å². The minimum absolute atomic E-state index is 0.256. The van der Waals surface area contributed by atoms with Crippen LogP contribution < -0.4 is 0 Å². The average Bonchev–Trinajstić information content (AvgIpc) is 2.30. The Balaban J connectivity index is 2.33. The lowest BCUT2D eigenvalue weighted by Gasteiger charge is -2.20. The number of benzene rings is 1. The van der Waals surface area contributed by atoms with Gasteiger partial charge in [0.15, 0.2) is 0 Å². The molecule has 0 saturated carbocycles. The smallest absolute Gasteiger partial charge is 0.331 e. The molecule has 0 saturated heterocycles. The van der Waals surface area contributed by atoms with Crippen LogP contribution in [-0.2, 0) is 4.79 Å². The predicted molar refractivity (Wildman–Crippen MR) is 76.6 cm³/mol. The van der Waals surface area contributed by atoms with E-state index in [1.165, 1.54) is 14.7 Å². The standard InChI is InChI=1S/C14H13IO2/c1-9-8-11(14(16)17)4-7-13(9)10-2-5-12(15)6-3-10/h2-7,9H,8H2,1H3,(H,16,17). The average molecular weight is 340 g/mol. The van der Waals surface area contributed by atoms with E-state index in [-0.39, 0.29) is 5.92 Å². The van der Waals surface area contributed by atoms with E-state index in [0.717, 1.165) is 0 Å². The van der Waals surface area contributed by atoms with Gasteiger partial charge in [-0.2, -0.15) is 0 Å². The Hall–Kier alpha value is -1.10. The van der Waals surface area contributed by atoms with Crippen LogP contribution in [0.25, 0.3) is 5.57 Å². The number of carbonyl (C=O) groups is 1. The maximum absolute atomic E-state index is 10.9. The first kappa shape index (κ1) is 12.4. The summed E-state index contributed by atoms with van der Waals surface area (Å²) in [6.07, 6.45) is 4.25. The van der Waals surface area contributed by atoms with E-state index in [2.05, 4.69) is 53.8 Å². The van der Waals surface area contributed by atoms with E-state index in [0.29, 0.717) is 12.0 Å². The zero-order valence-corrected chi connectivity index (χ0v) is 11.6. The monoisotopic (exact) mass is 340 g/mol. The van der Waals surface area contributed by atoms with Gasteiger partial charge in [0.25, 0.3) is 0 Å². The van der Waals surface area contributed by atoms with E-state index in [1.807, 2.05) is 6.08 Å². The summed E-state index contributed by atoms with van der Waals surface area (Å²) in [6, 6.07) is 8.31. The fourth-order valence-electron chi connectivity index (χ4n) is 2.04. The van der Waals surface area contributed by atoms with Gasteiger partial charge in [-0.3, -0.25) is 0 Å². The van der Waals surface area contributed by atoms with Crippen LogP contribution in [0.4, 0.5) is 0 Å². The summed E-state index contributed by atoms with van der Waals surface area (Å²) in [5, 5.41) is 8.95. The number of halogens is 1. The molecule has 3 heteroatoms. The normalized spacial score (nSPS) is 19.5. The number of rotatable bonds is 2. The highest BCUT2D eigenvalue weighted by Crippen LogP contribution is 2.32. The Kier molecular flexibility index (Phi) is 3.66. The lowest BCUT2D eigenvalue weighted by molar-refractivity contribution is -0.132. The molecule has 2 nitrogen and oxygen atoms in total. The molecule has 1 unspecified atom stereocenters. The molecule has 0 aromatic heterocycles. The van der Waals surface area contributed by atoms with Crippen molar-refractivity contribution in [1.82, 2.24) is 0 Å². The second kappa shape index (κ2) is 5.04. The van der Waals surface area contributed by atoms with Crippen molar-refractivity contribution >= 4 is 34.1 Å². The maximum atomic E-state index is 10.9. The van der Waals surface area contributed by atoms with Crippen molar-refractivity contribution in [3.8, 4) is 0 Å². The van der Waals surface area contributed by atoms with Gasteiger partial charge in [0, 0.05) is 9.14 Å². The first-order valence-electron chi connectivity index (χ1n) is 5.48. The third kappa shape index (κ3) is 2.77. The minimum Gasteiger partial charge on any atom is -0.478 e. The molecule has 17 heavy (non-hydrogen) atoms. The first-order valence-corrected chi connectivity index (χ1v) is 6.56. The summed E-state index contributed by atoms with van der Waals surface area (Å²) in [7, 11) is 0. The fraction of sp³-hybridized carbons (Fsp3) is 0.214. The Morgan fingerprint density at radius 2 is 1.94 bits per heavy atom. The van der Waals surface area contributed by atoms with E-state index in [9.17, 15) is 4.79 Å². The van der Waals surface area contributed by atoms with Crippen LogP contribution in [-0.4, -0.2) is 11.1 Å². The lowest BCUT2D eigenvalue weighted by Crippen LogP contribution is -2.10. The summed E-state index contributed by atoms with van der Waals surface area (Å²) in [6.45, 7) is 2.07. The van der Waals surface area contributed by atoms with Crippen LogP contribution in [0.5, 0.6) is 0 Å². The Labute approximate surface area is 114 Å². The van der Waals surface area contributed by atoms with Gasteiger partial charge in [-0.05, 0) is 58.2 Å². The van der Waals surface area contributed by atoms with E-state index < -0.39 is 5.97 Å². The highest BCUT2D eigenvalue weighted by Gasteiger charge is 2.19.